The molecule has 5 rings (SSSR count). The zero-order valence-electron chi connectivity index (χ0n) is 19.7. The number of likely N-dealkylation sites (tertiary alicyclic amines) is 1. The summed E-state index contributed by atoms with van der Waals surface area (Å²) in [5.74, 6) is 2.20. The van der Waals surface area contributed by atoms with Crippen LogP contribution in [-0.4, -0.2) is 41.8 Å². The number of aromatic hydroxyl groups is 1. The molecule has 2 aliphatic heterocycles. The molecular formula is C29H35NO3. The van der Waals surface area contributed by atoms with Gasteiger partial charge in [0, 0.05) is 24.1 Å². The van der Waals surface area contributed by atoms with Crippen LogP contribution in [0.3, 0.4) is 0 Å². The lowest BCUT2D eigenvalue weighted by Gasteiger charge is -2.38. The van der Waals surface area contributed by atoms with E-state index in [9.17, 15) is 5.11 Å². The molecule has 0 saturated carbocycles. The minimum atomic E-state index is -0.268. The van der Waals surface area contributed by atoms with Crippen LogP contribution in [0.1, 0.15) is 50.2 Å². The highest BCUT2D eigenvalue weighted by molar-refractivity contribution is 5.48. The molecule has 3 aromatic carbocycles. The fraction of sp³-hybridized carbons (Fsp3) is 0.379. The van der Waals surface area contributed by atoms with E-state index in [1.165, 1.54) is 31.5 Å². The number of rotatable bonds is 5. The van der Waals surface area contributed by atoms with Gasteiger partial charge in [-0.3, -0.25) is 4.90 Å². The molecule has 0 amide bonds. The van der Waals surface area contributed by atoms with E-state index in [0.717, 1.165) is 36.6 Å². The van der Waals surface area contributed by atoms with Gasteiger partial charge in [-0.25, -0.2) is 0 Å². The third-order valence-corrected chi connectivity index (χ3v) is 6.28. The molecule has 1 saturated heterocycles. The van der Waals surface area contributed by atoms with Crippen molar-refractivity contribution in [2.24, 2.45) is 0 Å². The number of phenols is 1. The predicted molar refractivity (Wildman–Crippen MR) is 133 cm³/mol. The number of hydrogen-bond donors (Lipinski definition) is 1. The molecule has 1 atom stereocenters. The molecular weight excluding hydrogens is 410 g/mol. The van der Waals surface area contributed by atoms with Crippen molar-refractivity contribution in [2.75, 3.05) is 26.2 Å². The Morgan fingerprint density at radius 2 is 1.58 bits per heavy atom. The molecule has 1 fully saturated rings. The first-order chi connectivity index (χ1) is 16.0. The van der Waals surface area contributed by atoms with Gasteiger partial charge in [0.1, 0.15) is 29.5 Å². The van der Waals surface area contributed by atoms with E-state index >= 15 is 0 Å². The Morgan fingerprint density at radius 3 is 2.21 bits per heavy atom. The van der Waals surface area contributed by atoms with E-state index in [4.69, 9.17) is 9.47 Å². The number of benzene rings is 3. The van der Waals surface area contributed by atoms with Crippen LogP contribution in [-0.2, 0) is 0 Å². The molecule has 2 heterocycles. The molecule has 0 aromatic heterocycles. The monoisotopic (exact) mass is 445 g/mol. The molecule has 4 nitrogen and oxygen atoms in total. The molecule has 2 aliphatic rings. The van der Waals surface area contributed by atoms with Crippen LogP contribution in [0.2, 0.25) is 0 Å². The number of hydrogen-bond acceptors (Lipinski definition) is 4. The maximum absolute atomic E-state index is 9.81. The lowest BCUT2D eigenvalue weighted by Crippen LogP contribution is -2.35. The standard InChI is InChI=1S/C23H29NO3.C6H6/c1-23(2)16-21(20-10-7-18(25)15-22(20)27-23)17-5-8-19(9-6-17)26-14-13-24-11-3-4-12-24;1-2-4-6-5-3-1/h5-10,15,21,25H,3-4,11-14,16H2,1-2H3;1-6H/t21-;/m1./s1. The third-order valence-electron chi connectivity index (χ3n) is 6.28. The Kier molecular flexibility index (Phi) is 7.56. The Bertz CT molecular complexity index is 968. The topological polar surface area (TPSA) is 41.9 Å². The third kappa shape index (κ3) is 6.52. The zero-order chi connectivity index (χ0) is 23.1. The van der Waals surface area contributed by atoms with Crippen molar-refractivity contribution < 1.29 is 14.6 Å². The van der Waals surface area contributed by atoms with Gasteiger partial charge in [-0.2, -0.15) is 0 Å². The summed E-state index contributed by atoms with van der Waals surface area (Å²) in [6.45, 7) is 8.36. The van der Waals surface area contributed by atoms with E-state index in [2.05, 4.69) is 43.0 Å². The lowest BCUT2D eigenvalue weighted by atomic mass is 9.80. The second-order valence-corrected chi connectivity index (χ2v) is 9.46. The average molecular weight is 446 g/mol. The minimum Gasteiger partial charge on any atom is -0.508 e. The number of nitrogens with zero attached hydrogens (tertiary/aromatic N) is 1. The molecule has 0 spiro atoms. The molecule has 1 N–H and O–H groups in total. The van der Waals surface area contributed by atoms with Crippen molar-refractivity contribution in [1.29, 1.82) is 0 Å². The molecule has 3 aromatic rings. The molecule has 33 heavy (non-hydrogen) atoms. The zero-order valence-corrected chi connectivity index (χ0v) is 19.7. The van der Waals surface area contributed by atoms with Gasteiger partial charge in [0.15, 0.2) is 0 Å². The van der Waals surface area contributed by atoms with Crippen LogP contribution >= 0.6 is 0 Å². The van der Waals surface area contributed by atoms with Crippen LogP contribution in [0.4, 0.5) is 0 Å². The van der Waals surface area contributed by atoms with Crippen LogP contribution in [0.15, 0.2) is 78.9 Å². The van der Waals surface area contributed by atoms with Gasteiger partial charge in [0.25, 0.3) is 0 Å². The van der Waals surface area contributed by atoms with Crippen molar-refractivity contribution in [3.05, 3.63) is 90.0 Å². The van der Waals surface area contributed by atoms with Gasteiger partial charge >= 0.3 is 0 Å². The molecule has 0 radical (unpaired) electrons. The Morgan fingerprint density at radius 1 is 0.939 bits per heavy atom. The highest BCUT2D eigenvalue weighted by Gasteiger charge is 2.34. The first-order valence-corrected chi connectivity index (χ1v) is 12.0. The van der Waals surface area contributed by atoms with Crippen LogP contribution in [0.25, 0.3) is 0 Å². The minimum absolute atomic E-state index is 0.243. The summed E-state index contributed by atoms with van der Waals surface area (Å²) < 4.78 is 12.0. The molecule has 0 aliphatic carbocycles. The van der Waals surface area contributed by atoms with Crippen molar-refractivity contribution >= 4 is 0 Å². The van der Waals surface area contributed by atoms with E-state index in [0.29, 0.717) is 0 Å². The first-order valence-electron chi connectivity index (χ1n) is 12.0. The largest absolute Gasteiger partial charge is 0.508 e. The van der Waals surface area contributed by atoms with E-state index < -0.39 is 0 Å². The van der Waals surface area contributed by atoms with Crippen molar-refractivity contribution in [2.45, 2.75) is 44.6 Å². The van der Waals surface area contributed by atoms with E-state index in [1.807, 2.05) is 42.5 Å². The van der Waals surface area contributed by atoms with Gasteiger partial charge in [0.05, 0.1) is 0 Å². The van der Waals surface area contributed by atoms with Crippen molar-refractivity contribution in [1.82, 2.24) is 4.90 Å². The summed E-state index contributed by atoms with van der Waals surface area (Å²) in [6.07, 6.45) is 3.53. The van der Waals surface area contributed by atoms with Gasteiger partial charge in [-0.15, -0.1) is 0 Å². The quantitative estimate of drug-likeness (QED) is 0.504. The number of phenolic OH excluding ortho intramolecular Hbond substituents is 1. The molecule has 174 valence electrons. The van der Waals surface area contributed by atoms with Gasteiger partial charge in [-0.05, 0) is 70.0 Å². The normalized spacial score (nSPS) is 19.0. The Hall–Kier alpha value is -2.98. The second kappa shape index (κ2) is 10.8. The van der Waals surface area contributed by atoms with Crippen LogP contribution in [0, 0.1) is 0 Å². The van der Waals surface area contributed by atoms with E-state index in [1.54, 1.807) is 12.1 Å². The fourth-order valence-corrected chi connectivity index (χ4v) is 4.62. The summed E-state index contributed by atoms with van der Waals surface area (Å²) in [6, 6.07) is 25.9. The van der Waals surface area contributed by atoms with Crippen LogP contribution in [0.5, 0.6) is 17.2 Å². The van der Waals surface area contributed by atoms with Gasteiger partial charge in [-0.1, -0.05) is 54.6 Å². The van der Waals surface area contributed by atoms with Gasteiger partial charge < -0.3 is 14.6 Å². The highest BCUT2D eigenvalue weighted by atomic mass is 16.5. The Labute approximate surface area is 197 Å². The molecule has 4 heteroatoms. The first kappa shape index (κ1) is 23.2. The second-order valence-electron chi connectivity index (χ2n) is 9.46. The SMILES string of the molecule is CC1(C)C[C@H](c2ccc(OCCN3CCCC3)cc2)c2ccc(O)cc2O1.c1ccccc1. The summed E-state index contributed by atoms with van der Waals surface area (Å²) in [4.78, 5) is 2.46. The van der Waals surface area contributed by atoms with Crippen molar-refractivity contribution in [3.8, 4) is 17.2 Å². The maximum atomic E-state index is 9.81. The van der Waals surface area contributed by atoms with Gasteiger partial charge in [0.2, 0.25) is 0 Å². The van der Waals surface area contributed by atoms with E-state index in [-0.39, 0.29) is 17.3 Å². The van der Waals surface area contributed by atoms with Crippen LogP contribution < -0.4 is 9.47 Å². The summed E-state index contributed by atoms with van der Waals surface area (Å²) >= 11 is 0. The highest BCUT2D eigenvalue weighted by Crippen LogP contribution is 2.45. The predicted octanol–water partition coefficient (Wildman–Crippen LogP) is 6.25. The summed E-state index contributed by atoms with van der Waals surface area (Å²) in [5, 5.41) is 9.81. The molecule has 0 unspecified atom stereocenters. The fourth-order valence-electron chi connectivity index (χ4n) is 4.62. The van der Waals surface area contributed by atoms with Crippen molar-refractivity contribution in [3.63, 3.8) is 0 Å². The lowest BCUT2D eigenvalue weighted by molar-refractivity contribution is 0.0771. The Balaban J connectivity index is 0.000000376. The smallest absolute Gasteiger partial charge is 0.127 e. The molecule has 0 bridgehead atoms. The average Bonchev–Trinajstić information content (AvgIpc) is 3.33. The summed E-state index contributed by atoms with van der Waals surface area (Å²) in [5.41, 5.74) is 2.12. The maximum Gasteiger partial charge on any atom is 0.127 e. The number of fused-ring (bicyclic) bond motifs is 1. The summed E-state index contributed by atoms with van der Waals surface area (Å²) in [7, 11) is 0. The number of ether oxygens (including phenoxy) is 2.